The number of carbonyl (C=O) groups excluding carboxylic acids is 1. The van der Waals surface area contributed by atoms with E-state index in [9.17, 15) is 13.6 Å². The lowest BCUT2D eigenvalue weighted by Crippen LogP contribution is -2.55. The van der Waals surface area contributed by atoms with E-state index in [2.05, 4.69) is 36.5 Å². The first-order valence-electron chi connectivity index (χ1n) is 8.53. The number of hydrogen-bond donors (Lipinski definition) is 3. The van der Waals surface area contributed by atoms with Gasteiger partial charge in [-0.15, -0.1) is 22.7 Å². The molecular formula is C17H16BrF2N5OS2. The first kappa shape index (κ1) is 19.6. The molecule has 4 N–H and O–H groups in total. The van der Waals surface area contributed by atoms with Gasteiger partial charge in [0.25, 0.3) is 11.8 Å². The number of halogens is 3. The summed E-state index contributed by atoms with van der Waals surface area (Å²) in [5.74, 6) is -2.89. The lowest BCUT2D eigenvalue weighted by Gasteiger charge is -2.36. The SMILES string of the molecule is N[C@@H]1[C@H](Nc2cnc3scc(C(=O)Nc4ccsc4Br)c3n2)CCCC1(F)F. The van der Waals surface area contributed by atoms with Crippen LogP contribution in [0.5, 0.6) is 0 Å². The number of amides is 1. The third-order valence-electron chi connectivity index (χ3n) is 4.67. The molecule has 0 spiro atoms. The third-order valence-corrected chi connectivity index (χ3v) is 7.24. The van der Waals surface area contributed by atoms with Gasteiger partial charge in [-0.3, -0.25) is 4.79 Å². The Balaban J connectivity index is 1.58. The number of hydrogen-bond acceptors (Lipinski definition) is 7. The van der Waals surface area contributed by atoms with Gasteiger partial charge in [0.2, 0.25) is 0 Å². The maximum Gasteiger partial charge on any atom is 0.264 e. The molecule has 28 heavy (non-hydrogen) atoms. The smallest absolute Gasteiger partial charge is 0.264 e. The van der Waals surface area contributed by atoms with Crippen LogP contribution in [0.25, 0.3) is 10.3 Å². The average Bonchev–Trinajstić information content (AvgIpc) is 3.25. The standard InChI is InChI=1S/C17H16BrF2N5OS2/c18-14-10(3-5-27-14)24-15(26)8-7-28-16-12(8)25-11(6-22-16)23-9-2-1-4-17(19,20)13(9)21/h3,5-7,9,13H,1-2,4,21H2,(H,23,25)(H,24,26)/t9-,13-/m1/s1. The van der Waals surface area contributed by atoms with Crippen molar-refractivity contribution in [1.29, 1.82) is 0 Å². The van der Waals surface area contributed by atoms with Crippen LogP contribution in [0, 0.1) is 0 Å². The van der Waals surface area contributed by atoms with Crippen molar-refractivity contribution in [3.8, 4) is 0 Å². The lowest BCUT2D eigenvalue weighted by atomic mass is 9.87. The molecule has 1 aliphatic rings. The van der Waals surface area contributed by atoms with E-state index >= 15 is 0 Å². The summed E-state index contributed by atoms with van der Waals surface area (Å²) in [6, 6.07) is -0.0991. The number of thiophene rings is 2. The average molecular weight is 488 g/mol. The van der Waals surface area contributed by atoms with Gasteiger partial charge in [0.15, 0.2) is 0 Å². The maximum absolute atomic E-state index is 13.9. The second-order valence-electron chi connectivity index (χ2n) is 6.55. The highest BCUT2D eigenvalue weighted by molar-refractivity contribution is 9.11. The molecule has 3 aromatic heterocycles. The number of anilines is 2. The van der Waals surface area contributed by atoms with E-state index in [4.69, 9.17) is 5.73 Å². The van der Waals surface area contributed by atoms with Crippen LogP contribution in [-0.2, 0) is 0 Å². The molecule has 6 nitrogen and oxygen atoms in total. The molecule has 0 radical (unpaired) electrons. The Morgan fingerprint density at radius 3 is 2.96 bits per heavy atom. The van der Waals surface area contributed by atoms with Crippen LogP contribution < -0.4 is 16.4 Å². The highest BCUT2D eigenvalue weighted by Crippen LogP contribution is 2.34. The second-order valence-corrected chi connectivity index (χ2v) is 9.64. The van der Waals surface area contributed by atoms with Gasteiger partial charge in [-0.25, -0.2) is 18.7 Å². The number of nitrogens with one attached hydrogen (secondary N) is 2. The van der Waals surface area contributed by atoms with E-state index in [0.717, 1.165) is 3.79 Å². The summed E-state index contributed by atoms with van der Waals surface area (Å²) < 4.78 is 28.6. The molecule has 0 saturated heterocycles. The predicted octanol–water partition coefficient (Wildman–Crippen LogP) is 4.69. The van der Waals surface area contributed by atoms with Crippen LogP contribution in [0.1, 0.15) is 29.6 Å². The summed E-state index contributed by atoms with van der Waals surface area (Å²) in [5.41, 5.74) is 7.22. The predicted molar refractivity (Wildman–Crippen MR) is 112 cm³/mol. The number of alkyl halides is 2. The molecule has 148 valence electrons. The number of nitrogens with zero attached hydrogens (tertiary/aromatic N) is 2. The largest absolute Gasteiger partial charge is 0.364 e. The number of fused-ring (bicyclic) bond motifs is 1. The molecule has 1 amide bonds. The second kappa shape index (κ2) is 7.62. The molecule has 0 aliphatic heterocycles. The minimum atomic E-state index is -2.91. The minimum absolute atomic E-state index is 0.204. The molecule has 0 unspecified atom stereocenters. The van der Waals surface area contributed by atoms with Gasteiger partial charge >= 0.3 is 0 Å². The van der Waals surface area contributed by atoms with Crippen molar-refractivity contribution >= 4 is 66.4 Å². The molecule has 0 aromatic carbocycles. The van der Waals surface area contributed by atoms with Crippen molar-refractivity contribution in [2.45, 2.75) is 37.3 Å². The van der Waals surface area contributed by atoms with E-state index in [-0.39, 0.29) is 12.3 Å². The van der Waals surface area contributed by atoms with Crippen LogP contribution in [0.15, 0.2) is 26.8 Å². The van der Waals surface area contributed by atoms with E-state index in [0.29, 0.717) is 40.3 Å². The van der Waals surface area contributed by atoms with Crippen molar-refractivity contribution in [2.24, 2.45) is 5.73 Å². The number of aromatic nitrogens is 2. The van der Waals surface area contributed by atoms with Gasteiger partial charge in [0, 0.05) is 17.8 Å². The van der Waals surface area contributed by atoms with E-state index in [1.165, 1.54) is 28.9 Å². The molecule has 1 fully saturated rings. The monoisotopic (exact) mass is 487 g/mol. The zero-order valence-electron chi connectivity index (χ0n) is 14.4. The highest BCUT2D eigenvalue weighted by Gasteiger charge is 2.44. The van der Waals surface area contributed by atoms with Gasteiger partial charge in [-0.2, -0.15) is 0 Å². The first-order valence-corrected chi connectivity index (χ1v) is 11.1. The Labute approximate surface area is 175 Å². The van der Waals surface area contributed by atoms with Gasteiger partial charge < -0.3 is 16.4 Å². The summed E-state index contributed by atoms with van der Waals surface area (Å²) in [6.07, 6.45) is 2.19. The number of carbonyl (C=O) groups is 1. The van der Waals surface area contributed by atoms with Gasteiger partial charge in [0.1, 0.15) is 16.2 Å². The van der Waals surface area contributed by atoms with Gasteiger partial charge in [-0.05, 0) is 40.2 Å². The normalized spacial score (nSPS) is 21.6. The highest BCUT2D eigenvalue weighted by atomic mass is 79.9. The van der Waals surface area contributed by atoms with Crippen molar-refractivity contribution in [1.82, 2.24) is 9.97 Å². The fourth-order valence-corrected chi connectivity index (χ4v) is 5.12. The quantitative estimate of drug-likeness (QED) is 0.496. The molecule has 3 aromatic rings. The maximum atomic E-state index is 13.9. The molecule has 1 saturated carbocycles. The molecule has 1 aliphatic carbocycles. The fraction of sp³-hybridized carbons (Fsp3) is 0.353. The Bertz CT molecular complexity index is 1020. The topological polar surface area (TPSA) is 92.9 Å². The van der Waals surface area contributed by atoms with Crippen molar-refractivity contribution in [2.75, 3.05) is 10.6 Å². The Hall–Kier alpha value is -1.69. The Morgan fingerprint density at radius 1 is 1.39 bits per heavy atom. The van der Waals surface area contributed by atoms with Crippen LogP contribution in [0.2, 0.25) is 0 Å². The fourth-order valence-electron chi connectivity index (χ4n) is 3.16. The van der Waals surface area contributed by atoms with Crippen LogP contribution in [-0.4, -0.2) is 33.9 Å². The summed E-state index contributed by atoms with van der Waals surface area (Å²) in [5, 5.41) is 9.35. The van der Waals surface area contributed by atoms with E-state index < -0.39 is 18.0 Å². The molecular weight excluding hydrogens is 472 g/mol. The summed E-state index contributed by atoms with van der Waals surface area (Å²) in [4.78, 5) is 22.0. The van der Waals surface area contributed by atoms with Gasteiger partial charge in [0.05, 0.1) is 27.3 Å². The Kier molecular flexibility index (Phi) is 5.34. The Morgan fingerprint density at radius 2 is 2.21 bits per heavy atom. The molecule has 0 bridgehead atoms. The van der Waals surface area contributed by atoms with Crippen molar-refractivity contribution in [3.63, 3.8) is 0 Å². The third kappa shape index (κ3) is 3.76. The summed E-state index contributed by atoms with van der Waals surface area (Å²) in [6.45, 7) is 0. The number of rotatable bonds is 4. The zero-order chi connectivity index (χ0) is 19.9. The van der Waals surface area contributed by atoms with Crippen LogP contribution >= 0.6 is 38.6 Å². The lowest BCUT2D eigenvalue weighted by molar-refractivity contribution is -0.0554. The van der Waals surface area contributed by atoms with Crippen molar-refractivity contribution in [3.05, 3.63) is 32.4 Å². The van der Waals surface area contributed by atoms with Gasteiger partial charge in [-0.1, -0.05) is 0 Å². The van der Waals surface area contributed by atoms with E-state index in [1.807, 2.05) is 5.38 Å². The minimum Gasteiger partial charge on any atom is -0.364 e. The van der Waals surface area contributed by atoms with Crippen LogP contribution in [0.4, 0.5) is 20.3 Å². The van der Waals surface area contributed by atoms with E-state index in [1.54, 1.807) is 11.4 Å². The summed E-state index contributed by atoms with van der Waals surface area (Å²) in [7, 11) is 0. The zero-order valence-corrected chi connectivity index (χ0v) is 17.6. The molecule has 2 atom stereocenters. The molecule has 11 heteroatoms. The number of nitrogens with two attached hydrogens (primary N) is 1. The molecule has 4 rings (SSSR count). The molecule has 3 heterocycles. The van der Waals surface area contributed by atoms with Crippen LogP contribution in [0.3, 0.4) is 0 Å². The first-order chi connectivity index (χ1) is 13.3. The van der Waals surface area contributed by atoms with Crippen molar-refractivity contribution < 1.29 is 13.6 Å². The summed E-state index contributed by atoms with van der Waals surface area (Å²) >= 11 is 6.15.